The number of likely N-dealkylation sites (tertiary alicyclic amines) is 1. The molecule has 1 saturated heterocycles. The van der Waals surface area contributed by atoms with Gasteiger partial charge in [0.2, 0.25) is 0 Å². The minimum Gasteiger partial charge on any atom is -0.457 e. The molecule has 0 bridgehead atoms. The highest BCUT2D eigenvalue weighted by Crippen LogP contribution is 2.39. The first-order valence-corrected chi connectivity index (χ1v) is 12.9. The fourth-order valence-electron chi connectivity index (χ4n) is 5.39. The van der Waals surface area contributed by atoms with Gasteiger partial charge in [0, 0.05) is 37.2 Å². The van der Waals surface area contributed by atoms with Gasteiger partial charge in [0.15, 0.2) is 5.69 Å². The van der Waals surface area contributed by atoms with Crippen molar-refractivity contribution in [2.75, 3.05) is 25.1 Å². The standard InChI is InChI=1S/C28H30F3N5O3/c29-28(30,31)14-10-23(37)35-16-12-18(13-17-35)22-11-15-33-36-25(26(32)38)24(34-27(22)36)19-6-8-21(9-7-19)39-20-4-2-1-3-5-20/h1-10,14,18,22-23,33,37H,11-13,15-17H2,(H2,32,38)/b14-10+. The van der Waals surface area contributed by atoms with Crippen molar-refractivity contribution in [2.24, 2.45) is 11.7 Å². The number of amides is 1. The molecule has 0 aliphatic carbocycles. The Bertz CT molecular complexity index is 1320. The molecule has 4 N–H and O–H groups in total. The number of nitrogens with two attached hydrogens (primary N) is 1. The molecule has 8 nitrogen and oxygen atoms in total. The predicted octanol–water partition coefficient (Wildman–Crippen LogP) is 4.62. The SMILES string of the molecule is NC(=O)c1c(-c2ccc(Oc3ccccc3)cc2)nc2n1NCCC2C1CCN(C(O)/C=C/C(F)(F)F)CC1. The number of allylic oxidation sites excluding steroid dienone is 1. The summed E-state index contributed by atoms with van der Waals surface area (Å²) in [5, 5.41) is 10.2. The van der Waals surface area contributed by atoms with Gasteiger partial charge in [-0.15, -0.1) is 0 Å². The van der Waals surface area contributed by atoms with E-state index in [9.17, 15) is 23.1 Å². The quantitative estimate of drug-likeness (QED) is 0.377. The molecule has 3 aromatic rings. The Balaban J connectivity index is 1.34. The van der Waals surface area contributed by atoms with Crippen LogP contribution >= 0.6 is 0 Å². The molecule has 2 aromatic carbocycles. The summed E-state index contributed by atoms with van der Waals surface area (Å²) in [7, 11) is 0. The highest BCUT2D eigenvalue weighted by Gasteiger charge is 2.36. The number of hydrogen-bond donors (Lipinski definition) is 3. The van der Waals surface area contributed by atoms with Crippen LogP contribution in [0.4, 0.5) is 13.2 Å². The number of carbonyl (C=O) groups is 1. The van der Waals surface area contributed by atoms with Crippen LogP contribution < -0.4 is 15.9 Å². The molecular formula is C28H30F3N5O3. The lowest BCUT2D eigenvalue weighted by atomic mass is 9.81. The fraction of sp³-hybridized carbons (Fsp3) is 0.357. The van der Waals surface area contributed by atoms with Crippen molar-refractivity contribution in [3.05, 3.63) is 78.3 Å². The number of aliphatic hydroxyl groups is 1. The second-order valence-electron chi connectivity index (χ2n) is 9.80. The fourth-order valence-corrected chi connectivity index (χ4v) is 5.39. The molecule has 2 aliphatic rings. The average molecular weight is 542 g/mol. The van der Waals surface area contributed by atoms with Gasteiger partial charge in [0.25, 0.3) is 5.91 Å². The minimum atomic E-state index is -4.46. The Morgan fingerprint density at radius 3 is 2.38 bits per heavy atom. The first-order chi connectivity index (χ1) is 18.7. The maximum atomic E-state index is 12.5. The van der Waals surface area contributed by atoms with Crippen LogP contribution in [-0.2, 0) is 0 Å². The lowest BCUT2D eigenvalue weighted by molar-refractivity contribution is -0.0819. The maximum absolute atomic E-state index is 12.5. The van der Waals surface area contributed by atoms with E-state index in [-0.39, 0.29) is 23.6 Å². The van der Waals surface area contributed by atoms with Crippen LogP contribution in [-0.4, -0.2) is 57.6 Å². The molecule has 11 heteroatoms. The molecule has 0 radical (unpaired) electrons. The maximum Gasteiger partial charge on any atom is 0.409 e. The number of nitrogens with zero attached hydrogens (tertiary/aromatic N) is 3. The molecule has 39 heavy (non-hydrogen) atoms. The lowest BCUT2D eigenvalue weighted by Crippen LogP contribution is -2.43. The normalized spacial score (nSPS) is 19.4. The van der Waals surface area contributed by atoms with E-state index in [0.717, 1.165) is 18.1 Å². The number of rotatable bonds is 7. The summed E-state index contributed by atoms with van der Waals surface area (Å²) in [6, 6.07) is 16.7. The number of benzene rings is 2. The monoisotopic (exact) mass is 541 g/mol. The van der Waals surface area contributed by atoms with E-state index in [0.29, 0.717) is 55.5 Å². The van der Waals surface area contributed by atoms with Crippen LogP contribution in [0.25, 0.3) is 11.3 Å². The zero-order chi connectivity index (χ0) is 27.6. The first kappa shape index (κ1) is 26.8. The summed E-state index contributed by atoms with van der Waals surface area (Å²) in [6.45, 7) is 1.53. The number of imidazole rings is 1. The van der Waals surface area contributed by atoms with Crippen LogP contribution in [0.1, 0.15) is 41.5 Å². The van der Waals surface area contributed by atoms with Gasteiger partial charge in [-0.3, -0.25) is 9.69 Å². The second kappa shape index (κ2) is 11.1. The number of fused-ring (bicyclic) bond motifs is 1. The van der Waals surface area contributed by atoms with Gasteiger partial charge in [-0.2, -0.15) is 13.2 Å². The van der Waals surface area contributed by atoms with Gasteiger partial charge in [-0.1, -0.05) is 18.2 Å². The number of hydrogen-bond acceptors (Lipinski definition) is 6. The van der Waals surface area contributed by atoms with E-state index in [1.54, 1.807) is 9.58 Å². The summed E-state index contributed by atoms with van der Waals surface area (Å²) in [5.74, 6) is 1.69. The molecule has 1 aromatic heterocycles. The third kappa shape index (κ3) is 6.10. The van der Waals surface area contributed by atoms with E-state index in [4.69, 9.17) is 15.5 Å². The van der Waals surface area contributed by atoms with Crippen molar-refractivity contribution in [1.29, 1.82) is 0 Å². The Labute approximate surface area is 223 Å². The smallest absolute Gasteiger partial charge is 0.409 e. The molecule has 206 valence electrons. The predicted molar refractivity (Wildman–Crippen MR) is 140 cm³/mol. The van der Waals surface area contributed by atoms with Gasteiger partial charge in [-0.05, 0) is 67.7 Å². The zero-order valence-electron chi connectivity index (χ0n) is 21.1. The molecule has 0 spiro atoms. The largest absolute Gasteiger partial charge is 0.457 e. The van der Waals surface area contributed by atoms with Crippen molar-refractivity contribution in [2.45, 2.75) is 37.6 Å². The molecule has 5 rings (SSSR count). The topological polar surface area (TPSA) is 106 Å². The number of nitrogens with one attached hydrogen (secondary N) is 1. The van der Waals surface area contributed by atoms with Crippen molar-refractivity contribution < 1.29 is 27.8 Å². The third-order valence-corrected chi connectivity index (χ3v) is 7.28. The summed E-state index contributed by atoms with van der Waals surface area (Å²) >= 11 is 0. The van der Waals surface area contributed by atoms with E-state index in [2.05, 4.69) is 5.43 Å². The molecule has 2 unspecified atom stereocenters. The Hall–Kier alpha value is -3.83. The number of carbonyl (C=O) groups excluding carboxylic acids is 1. The second-order valence-corrected chi connectivity index (χ2v) is 9.80. The van der Waals surface area contributed by atoms with Crippen molar-refractivity contribution in [3.8, 4) is 22.8 Å². The first-order valence-electron chi connectivity index (χ1n) is 12.9. The molecule has 2 aliphatic heterocycles. The highest BCUT2D eigenvalue weighted by atomic mass is 19.4. The average Bonchev–Trinajstić information content (AvgIpc) is 3.33. The Morgan fingerprint density at radius 2 is 1.74 bits per heavy atom. The summed E-state index contributed by atoms with van der Waals surface area (Å²) in [6.07, 6.45) is -2.75. The Morgan fingerprint density at radius 1 is 1.08 bits per heavy atom. The minimum absolute atomic E-state index is 0.0313. The van der Waals surface area contributed by atoms with Gasteiger partial charge in [0.1, 0.15) is 29.2 Å². The molecule has 3 heterocycles. The van der Waals surface area contributed by atoms with Crippen LogP contribution in [0.3, 0.4) is 0 Å². The van der Waals surface area contributed by atoms with Gasteiger partial charge in [0.05, 0.1) is 0 Å². The van der Waals surface area contributed by atoms with Crippen LogP contribution in [0, 0.1) is 5.92 Å². The van der Waals surface area contributed by atoms with Gasteiger partial charge < -0.3 is 21.0 Å². The van der Waals surface area contributed by atoms with Crippen molar-refractivity contribution in [3.63, 3.8) is 0 Å². The number of aromatic nitrogens is 2. The summed E-state index contributed by atoms with van der Waals surface area (Å²) in [5.41, 5.74) is 10.5. The van der Waals surface area contributed by atoms with E-state index < -0.39 is 18.3 Å². The molecule has 1 fully saturated rings. The highest BCUT2D eigenvalue weighted by molar-refractivity contribution is 5.97. The molecular weight excluding hydrogens is 511 g/mol. The molecule has 0 saturated carbocycles. The number of alkyl halides is 3. The van der Waals surface area contributed by atoms with Crippen molar-refractivity contribution >= 4 is 5.91 Å². The van der Waals surface area contributed by atoms with Gasteiger partial charge >= 0.3 is 6.18 Å². The molecule has 1 amide bonds. The number of para-hydroxylation sites is 1. The van der Waals surface area contributed by atoms with E-state index in [1.165, 1.54) is 0 Å². The summed E-state index contributed by atoms with van der Waals surface area (Å²) < 4.78 is 45.0. The van der Waals surface area contributed by atoms with E-state index >= 15 is 0 Å². The number of aliphatic hydroxyl groups excluding tert-OH is 1. The number of piperidine rings is 1. The number of ether oxygens (including phenoxy) is 1. The molecule has 2 atom stereocenters. The number of halogens is 3. The van der Waals surface area contributed by atoms with E-state index in [1.807, 2.05) is 54.6 Å². The van der Waals surface area contributed by atoms with Crippen molar-refractivity contribution in [1.82, 2.24) is 14.6 Å². The Kier molecular flexibility index (Phi) is 7.62. The lowest BCUT2D eigenvalue weighted by Gasteiger charge is -2.38. The third-order valence-electron chi connectivity index (χ3n) is 7.28. The van der Waals surface area contributed by atoms with Crippen LogP contribution in [0.2, 0.25) is 0 Å². The summed E-state index contributed by atoms with van der Waals surface area (Å²) in [4.78, 5) is 19.1. The number of primary amides is 1. The van der Waals surface area contributed by atoms with Crippen LogP contribution in [0.5, 0.6) is 11.5 Å². The zero-order valence-corrected chi connectivity index (χ0v) is 21.1. The van der Waals surface area contributed by atoms with Crippen LogP contribution in [0.15, 0.2) is 66.7 Å². The van der Waals surface area contributed by atoms with Gasteiger partial charge in [-0.25, -0.2) is 9.66 Å².